The van der Waals surface area contributed by atoms with E-state index >= 15 is 0 Å². The average molecular weight is 182 g/mol. The number of carbonyl (C=O) groups excluding carboxylic acids is 1. The topological polar surface area (TPSA) is 37.3 Å². The van der Waals surface area contributed by atoms with Gasteiger partial charge in [-0.3, -0.25) is 4.79 Å². The van der Waals surface area contributed by atoms with Crippen molar-refractivity contribution >= 4 is 5.78 Å². The van der Waals surface area contributed by atoms with Gasteiger partial charge in [0.05, 0.1) is 0 Å². The second-order valence-corrected chi connectivity index (χ2v) is 4.44. The number of carbonyl (C=O) groups is 1. The monoisotopic (exact) mass is 182 g/mol. The standard InChI is InChI=1S/C11H18O2/c1-8(2)9-4-5-10(12)11(3,13)7-6-9/h4-5,8-9,13H,6-7H2,1-3H3. The van der Waals surface area contributed by atoms with Crippen LogP contribution in [0.25, 0.3) is 0 Å². The van der Waals surface area contributed by atoms with Gasteiger partial charge in [-0.25, -0.2) is 0 Å². The molecule has 0 fully saturated rings. The summed E-state index contributed by atoms with van der Waals surface area (Å²) >= 11 is 0. The molecule has 1 rings (SSSR count). The third-order valence-electron chi connectivity index (χ3n) is 2.85. The Morgan fingerprint density at radius 1 is 1.62 bits per heavy atom. The maximum absolute atomic E-state index is 11.4. The van der Waals surface area contributed by atoms with E-state index in [0.717, 1.165) is 6.42 Å². The zero-order chi connectivity index (χ0) is 10.1. The molecule has 0 amide bonds. The van der Waals surface area contributed by atoms with E-state index in [1.54, 1.807) is 6.92 Å². The van der Waals surface area contributed by atoms with Crippen LogP contribution in [0.4, 0.5) is 0 Å². The normalized spacial score (nSPS) is 35.2. The molecular formula is C11H18O2. The molecule has 2 unspecified atom stereocenters. The van der Waals surface area contributed by atoms with E-state index in [1.165, 1.54) is 6.08 Å². The smallest absolute Gasteiger partial charge is 0.186 e. The zero-order valence-corrected chi connectivity index (χ0v) is 8.58. The van der Waals surface area contributed by atoms with E-state index in [0.29, 0.717) is 18.3 Å². The highest BCUT2D eigenvalue weighted by atomic mass is 16.3. The van der Waals surface area contributed by atoms with Crippen LogP contribution in [0.1, 0.15) is 33.6 Å². The van der Waals surface area contributed by atoms with Crippen molar-refractivity contribution in [3.63, 3.8) is 0 Å². The lowest BCUT2D eigenvalue weighted by molar-refractivity contribution is -0.130. The Morgan fingerprint density at radius 2 is 2.23 bits per heavy atom. The summed E-state index contributed by atoms with van der Waals surface area (Å²) in [5, 5.41) is 9.72. The minimum atomic E-state index is -1.14. The van der Waals surface area contributed by atoms with E-state index in [4.69, 9.17) is 0 Å². The number of ketones is 1. The van der Waals surface area contributed by atoms with E-state index in [2.05, 4.69) is 13.8 Å². The molecule has 0 radical (unpaired) electrons. The molecule has 1 aliphatic carbocycles. The number of hydrogen-bond donors (Lipinski definition) is 1. The highest BCUT2D eigenvalue weighted by molar-refractivity contribution is 5.96. The quantitative estimate of drug-likeness (QED) is 0.672. The molecule has 1 aliphatic rings. The molecule has 0 saturated heterocycles. The van der Waals surface area contributed by atoms with Crippen molar-refractivity contribution in [3.8, 4) is 0 Å². The van der Waals surface area contributed by atoms with Crippen molar-refractivity contribution < 1.29 is 9.90 Å². The Hall–Kier alpha value is -0.630. The molecule has 0 heterocycles. The van der Waals surface area contributed by atoms with Gasteiger partial charge >= 0.3 is 0 Å². The van der Waals surface area contributed by atoms with Crippen molar-refractivity contribution in [3.05, 3.63) is 12.2 Å². The van der Waals surface area contributed by atoms with Gasteiger partial charge in [-0.1, -0.05) is 19.9 Å². The van der Waals surface area contributed by atoms with Crippen LogP contribution < -0.4 is 0 Å². The lowest BCUT2D eigenvalue weighted by atomic mass is 9.89. The first kappa shape index (κ1) is 10.5. The molecule has 1 N–H and O–H groups in total. The van der Waals surface area contributed by atoms with Gasteiger partial charge in [0.15, 0.2) is 5.78 Å². The van der Waals surface area contributed by atoms with Crippen LogP contribution in [0.5, 0.6) is 0 Å². The van der Waals surface area contributed by atoms with Crippen LogP contribution >= 0.6 is 0 Å². The van der Waals surface area contributed by atoms with Gasteiger partial charge in [-0.05, 0) is 37.7 Å². The summed E-state index contributed by atoms with van der Waals surface area (Å²) in [6.45, 7) is 5.88. The second kappa shape index (κ2) is 3.62. The van der Waals surface area contributed by atoms with E-state index in [9.17, 15) is 9.90 Å². The molecule has 0 spiro atoms. The fourth-order valence-corrected chi connectivity index (χ4v) is 1.61. The van der Waals surface area contributed by atoms with Gasteiger partial charge in [0.25, 0.3) is 0 Å². The van der Waals surface area contributed by atoms with Gasteiger partial charge in [0.2, 0.25) is 0 Å². The summed E-state index contributed by atoms with van der Waals surface area (Å²) in [7, 11) is 0. The zero-order valence-electron chi connectivity index (χ0n) is 8.58. The van der Waals surface area contributed by atoms with Gasteiger partial charge < -0.3 is 5.11 Å². The maximum atomic E-state index is 11.4. The van der Waals surface area contributed by atoms with Crippen molar-refractivity contribution in [2.24, 2.45) is 11.8 Å². The van der Waals surface area contributed by atoms with E-state index < -0.39 is 5.60 Å². The molecule has 0 aliphatic heterocycles. The SMILES string of the molecule is CC(C)C1C=CC(=O)C(C)(O)CC1. The lowest BCUT2D eigenvalue weighted by Crippen LogP contribution is -2.32. The molecule has 74 valence electrons. The van der Waals surface area contributed by atoms with Crippen LogP contribution in [0.2, 0.25) is 0 Å². The average Bonchev–Trinajstić information content (AvgIpc) is 2.13. The van der Waals surface area contributed by atoms with Crippen molar-refractivity contribution in [1.29, 1.82) is 0 Å². The minimum Gasteiger partial charge on any atom is -0.382 e. The molecule has 2 nitrogen and oxygen atoms in total. The van der Waals surface area contributed by atoms with Gasteiger partial charge in [-0.15, -0.1) is 0 Å². The second-order valence-electron chi connectivity index (χ2n) is 4.44. The molecule has 2 heteroatoms. The van der Waals surface area contributed by atoms with Crippen LogP contribution in [0, 0.1) is 11.8 Å². The molecule has 13 heavy (non-hydrogen) atoms. The first-order valence-corrected chi connectivity index (χ1v) is 4.88. The Labute approximate surface area is 79.6 Å². The first-order chi connectivity index (χ1) is 5.93. The molecule has 2 atom stereocenters. The molecule has 0 bridgehead atoms. The Bertz CT molecular complexity index is 226. The highest BCUT2D eigenvalue weighted by Gasteiger charge is 2.31. The van der Waals surface area contributed by atoms with Crippen molar-refractivity contribution in [2.75, 3.05) is 0 Å². The number of rotatable bonds is 1. The number of hydrogen-bond acceptors (Lipinski definition) is 2. The van der Waals surface area contributed by atoms with Crippen LogP contribution in [0.15, 0.2) is 12.2 Å². The van der Waals surface area contributed by atoms with E-state index in [1.807, 2.05) is 6.08 Å². The summed E-state index contributed by atoms with van der Waals surface area (Å²) in [6, 6.07) is 0. The summed E-state index contributed by atoms with van der Waals surface area (Å²) in [5.41, 5.74) is -1.14. The summed E-state index contributed by atoms with van der Waals surface area (Å²) in [6.07, 6.45) is 4.95. The number of allylic oxidation sites excluding steroid dienone is 1. The molecule has 0 aromatic rings. The number of aliphatic hydroxyl groups is 1. The van der Waals surface area contributed by atoms with Crippen molar-refractivity contribution in [1.82, 2.24) is 0 Å². The predicted octanol–water partition coefficient (Wildman–Crippen LogP) is 1.93. The Balaban J connectivity index is 2.75. The molecular weight excluding hydrogens is 164 g/mol. The first-order valence-electron chi connectivity index (χ1n) is 4.88. The molecule has 0 aromatic carbocycles. The van der Waals surface area contributed by atoms with Gasteiger partial charge in [0.1, 0.15) is 5.60 Å². The fourth-order valence-electron chi connectivity index (χ4n) is 1.61. The van der Waals surface area contributed by atoms with Crippen LogP contribution in [-0.2, 0) is 4.79 Å². The molecule has 0 aromatic heterocycles. The Kier molecular flexibility index (Phi) is 2.91. The third kappa shape index (κ3) is 2.41. The predicted molar refractivity (Wildman–Crippen MR) is 52.3 cm³/mol. The minimum absolute atomic E-state index is 0.157. The summed E-state index contributed by atoms with van der Waals surface area (Å²) in [4.78, 5) is 11.4. The van der Waals surface area contributed by atoms with Crippen LogP contribution in [0.3, 0.4) is 0 Å². The summed E-state index contributed by atoms with van der Waals surface area (Å²) in [5.74, 6) is 0.812. The van der Waals surface area contributed by atoms with E-state index in [-0.39, 0.29) is 5.78 Å². The van der Waals surface area contributed by atoms with Gasteiger partial charge in [-0.2, -0.15) is 0 Å². The highest BCUT2D eigenvalue weighted by Crippen LogP contribution is 2.27. The summed E-state index contributed by atoms with van der Waals surface area (Å²) < 4.78 is 0. The molecule has 0 saturated carbocycles. The van der Waals surface area contributed by atoms with Crippen molar-refractivity contribution in [2.45, 2.75) is 39.2 Å². The van der Waals surface area contributed by atoms with Gasteiger partial charge in [0, 0.05) is 0 Å². The largest absolute Gasteiger partial charge is 0.382 e. The maximum Gasteiger partial charge on any atom is 0.186 e. The lowest BCUT2D eigenvalue weighted by Gasteiger charge is -2.20. The fraction of sp³-hybridized carbons (Fsp3) is 0.727. The third-order valence-corrected chi connectivity index (χ3v) is 2.85. The Morgan fingerprint density at radius 3 is 2.77 bits per heavy atom. The van der Waals surface area contributed by atoms with Crippen LogP contribution in [-0.4, -0.2) is 16.5 Å².